The number of carbonyl (C=O) groups is 2. The molecular weight excluding hydrogens is 130 g/mol. The van der Waals surface area contributed by atoms with E-state index in [-0.39, 0.29) is 0 Å². The molecule has 0 bridgehead atoms. The van der Waals surface area contributed by atoms with E-state index >= 15 is 0 Å². The van der Waals surface area contributed by atoms with Crippen molar-refractivity contribution in [3.63, 3.8) is 0 Å². The molecule has 1 N–H and O–H groups in total. The molecule has 0 aliphatic rings. The van der Waals surface area contributed by atoms with Crippen molar-refractivity contribution in [2.75, 3.05) is 0 Å². The fourth-order valence-corrected chi connectivity index (χ4v) is 0.197. The summed E-state index contributed by atoms with van der Waals surface area (Å²) >= 11 is 0. The van der Waals surface area contributed by atoms with Gasteiger partial charge < -0.3 is 5.11 Å². The van der Waals surface area contributed by atoms with E-state index in [2.05, 4.69) is 4.84 Å². The first-order valence-corrected chi connectivity index (χ1v) is 1.91. The summed E-state index contributed by atoms with van der Waals surface area (Å²) in [6.07, 6.45) is -0.842. The summed E-state index contributed by atoms with van der Waals surface area (Å²) < 4.78 is 0. The summed E-state index contributed by atoms with van der Waals surface area (Å²) in [7, 11) is 0. The second-order valence-corrected chi connectivity index (χ2v) is 1.11. The zero-order valence-corrected chi connectivity index (χ0v) is 4.23. The van der Waals surface area contributed by atoms with Gasteiger partial charge in [-0.05, 0) is 0 Å². The number of hydrogen-bond acceptors (Lipinski definition) is 5. The monoisotopic (exact) mass is 133 g/mol. The molecule has 0 fully saturated rings. The minimum absolute atomic E-state index is 0.842. The van der Waals surface area contributed by atoms with Gasteiger partial charge in [0.05, 0.1) is 0 Å². The number of rotatable bonds is 3. The van der Waals surface area contributed by atoms with Gasteiger partial charge in [-0.2, -0.15) is 0 Å². The van der Waals surface area contributed by atoms with Crippen LogP contribution in [-0.2, 0) is 14.4 Å². The Morgan fingerprint density at radius 1 is 1.56 bits per heavy atom. The third-order valence-corrected chi connectivity index (χ3v) is 0.435. The van der Waals surface area contributed by atoms with Crippen molar-refractivity contribution in [3.05, 3.63) is 4.91 Å². The molecule has 0 spiro atoms. The largest absolute Gasteiger partial charge is 0.481 e. The molecule has 50 valence electrons. The molecule has 0 aromatic heterocycles. The Labute approximate surface area is 49.3 Å². The Morgan fingerprint density at radius 3 is 2.44 bits per heavy atom. The first-order valence-electron chi connectivity index (χ1n) is 1.91. The lowest BCUT2D eigenvalue weighted by molar-refractivity contribution is -0.151. The summed E-state index contributed by atoms with van der Waals surface area (Å²) in [6, 6.07) is 0. The third-order valence-electron chi connectivity index (χ3n) is 0.435. The molecule has 0 saturated carbocycles. The molecule has 0 heterocycles. The van der Waals surface area contributed by atoms with Crippen molar-refractivity contribution in [1.29, 1.82) is 0 Å². The van der Waals surface area contributed by atoms with E-state index in [0.717, 1.165) is 0 Å². The lowest BCUT2D eigenvalue weighted by atomic mass is 10.5. The fourth-order valence-electron chi connectivity index (χ4n) is 0.197. The van der Waals surface area contributed by atoms with Gasteiger partial charge in [0.2, 0.25) is 0 Å². The molecule has 6 nitrogen and oxygen atoms in total. The van der Waals surface area contributed by atoms with Gasteiger partial charge in [0, 0.05) is 0 Å². The van der Waals surface area contributed by atoms with Crippen molar-refractivity contribution in [3.8, 4) is 0 Å². The van der Waals surface area contributed by atoms with Gasteiger partial charge >= 0.3 is 11.9 Å². The molecule has 0 radical (unpaired) electrons. The zero-order valence-electron chi connectivity index (χ0n) is 4.23. The van der Waals surface area contributed by atoms with E-state index in [9.17, 15) is 9.59 Å². The van der Waals surface area contributed by atoms with Crippen molar-refractivity contribution in [2.45, 2.75) is 6.42 Å². The molecule has 0 unspecified atom stereocenters. The smallest absolute Gasteiger partial charge is 0.349 e. The molecule has 0 aliphatic carbocycles. The van der Waals surface area contributed by atoms with Gasteiger partial charge in [-0.3, -0.25) is 9.63 Å². The van der Waals surface area contributed by atoms with E-state index in [1.54, 1.807) is 5.34 Å². The van der Waals surface area contributed by atoms with E-state index in [1.807, 2.05) is 0 Å². The molecule has 0 saturated heterocycles. The Hall–Kier alpha value is -1.46. The Morgan fingerprint density at radius 2 is 2.11 bits per heavy atom. The van der Waals surface area contributed by atoms with E-state index in [4.69, 9.17) is 10.0 Å². The summed E-state index contributed by atoms with van der Waals surface area (Å²) in [4.78, 5) is 32.1. The second kappa shape index (κ2) is 3.53. The van der Waals surface area contributed by atoms with Crippen molar-refractivity contribution >= 4 is 11.9 Å². The first-order chi connectivity index (χ1) is 4.16. The number of carboxylic acid groups (broad SMARTS) is 1. The summed E-state index contributed by atoms with van der Waals surface area (Å²) in [5.41, 5.74) is 0. The lowest BCUT2D eigenvalue weighted by Gasteiger charge is -1.86. The van der Waals surface area contributed by atoms with Crippen LogP contribution in [0.3, 0.4) is 0 Å². The first kappa shape index (κ1) is 7.54. The lowest BCUT2D eigenvalue weighted by Crippen LogP contribution is -2.06. The van der Waals surface area contributed by atoms with Crippen molar-refractivity contribution < 1.29 is 19.5 Å². The molecule has 0 rings (SSSR count). The van der Waals surface area contributed by atoms with Crippen LogP contribution in [0.25, 0.3) is 0 Å². The fraction of sp³-hybridized carbons (Fsp3) is 0.333. The van der Waals surface area contributed by atoms with Crippen LogP contribution in [0.15, 0.2) is 5.34 Å². The molecule has 0 atom stereocenters. The minimum atomic E-state index is -1.36. The number of nitrogens with zero attached hydrogens (tertiary/aromatic N) is 1. The van der Waals surface area contributed by atoms with Gasteiger partial charge in [0.25, 0.3) is 0 Å². The molecule has 0 aromatic carbocycles. The Bertz CT molecular complexity index is 141. The quantitative estimate of drug-likeness (QED) is 0.323. The summed E-state index contributed by atoms with van der Waals surface area (Å²) in [5.74, 6) is -2.53. The molecule has 0 aromatic rings. The van der Waals surface area contributed by atoms with Crippen LogP contribution in [0.4, 0.5) is 0 Å². The van der Waals surface area contributed by atoms with Crippen molar-refractivity contribution in [2.24, 2.45) is 5.34 Å². The van der Waals surface area contributed by atoms with Gasteiger partial charge in [-0.25, -0.2) is 4.79 Å². The number of hydrogen-bond donors (Lipinski definition) is 1. The molecule has 9 heavy (non-hydrogen) atoms. The standard InChI is InChI=1S/C3H3NO5/c5-2(6)1-3(7)9-4-8/h1H2,(H,5,6). The molecule has 0 amide bonds. The SMILES string of the molecule is O=NOC(=O)CC(=O)O. The Balaban J connectivity index is 3.50. The van der Waals surface area contributed by atoms with Gasteiger partial charge in [-0.1, -0.05) is 0 Å². The predicted molar refractivity (Wildman–Crippen MR) is 24.1 cm³/mol. The summed E-state index contributed by atoms with van der Waals surface area (Å²) in [5, 5.41) is 9.59. The van der Waals surface area contributed by atoms with Crippen LogP contribution in [0.1, 0.15) is 6.42 Å². The number of aliphatic carboxylic acids is 1. The van der Waals surface area contributed by atoms with Gasteiger partial charge in [-0.15, -0.1) is 4.91 Å². The maximum Gasteiger partial charge on any atom is 0.349 e. The van der Waals surface area contributed by atoms with Crippen molar-refractivity contribution in [1.82, 2.24) is 0 Å². The van der Waals surface area contributed by atoms with Crippen LogP contribution in [-0.4, -0.2) is 17.0 Å². The third kappa shape index (κ3) is 4.39. The molecule has 0 aliphatic heterocycles. The highest BCUT2D eigenvalue weighted by Gasteiger charge is 2.08. The van der Waals surface area contributed by atoms with E-state index in [0.29, 0.717) is 0 Å². The molecular formula is C3H3NO5. The van der Waals surface area contributed by atoms with Crippen LogP contribution in [0.5, 0.6) is 0 Å². The number of carbonyl (C=O) groups excluding carboxylic acids is 1. The van der Waals surface area contributed by atoms with E-state index in [1.165, 1.54) is 0 Å². The van der Waals surface area contributed by atoms with Gasteiger partial charge in [0.1, 0.15) is 6.42 Å². The predicted octanol–water partition coefficient (Wildman–Crippen LogP) is -0.314. The highest BCUT2D eigenvalue weighted by molar-refractivity contribution is 5.89. The normalized spacial score (nSPS) is 8.00. The number of carboxylic acids is 1. The minimum Gasteiger partial charge on any atom is -0.481 e. The summed E-state index contributed by atoms with van der Waals surface area (Å²) in [6.45, 7) is 0. The zero-order chi connectivity index (χ0) is 7.28. The van der Waals surface area contributed by atoms with Gasteiger partial charge in [0.15, 0.2) is 5.34 Å². The van der Waals surface area contributed by atoms with Crippen LogP contribution in [0.2, 0.25) is 0 Å². The highest BCUT2D eigenvalue weighted by Crippen LogP contribution is 1.84. The topological polar surface area (TPSA) is 93.0 Å². The van der Waals surface area contributed by atoms with Crippen LogP contribution in [0, 0.1) is 4.91 Å². The maximum atomic E-state index is 9.96. The van der Waals surface area contributed by atoms with Crippen LogP contribution < -0.4 is 0 Å². The highest BCUT2D eigenvalue weighted by atomic mass is 16.7. The Kier molecular flexibility index (Phi) is 2.96. The molecule has 6 heteroatoms. The van der Waals surface area contributed by atoms with Crippen LogP contribution >= 0.6 is 0 Å². The van der Waals surface area contributed by atoms with E-state index < -0.39 is 18.4 Å². The average Bonchev–Trinajstić information content (AvgIpc) is 1.63. The maximum absolute atomic E-state index is 9.96. The second-order valence-electron chi connectivity index (χ2n) is 1.11. The average molecular weight is 133 g/mol.